The first-order chi connectivity index (χ1) is 18.9. The normalized spacial score (nSPS) is 11.7. The zero-order chi connectivity index (χ0) is 25.1. The van der Waals surface area contributed by atoms with Crippen LogP contribution in [0.1, 0.15) is 0 Å². The first-order valence-electron chi connectivity index (χ1n) is 13.1. The van der Waals surface area contributed by atoms with Gasteiger partial charge in [-0.15, -0.1) is 0 Å². The lowest BCUT2D eigenvalue weighted by Gasteiger charge is -2.20. The highest BCUT2D eigenvalue weighted by Gasteiger charge is 2.31. The molecule has 1 aliphatic carbocycles. The standard InChI is InChI=1S/C37H23N/c1-3-12-26(13-4-1)33-34-30-19-9-17-25-18-10-20-31(32(25)30)35(34)36(27-14-5-2-6-15-27)38-37(33)29-22-21-24-11-7-8-16-28(24)23-29/h1-23H. The van der Waals surface area contributed by atoms with Gasteiger partial charge in [-0.3, -0.25) is 0 Å². The van der Waals surface area contributed by atoms with Gasteiger partial charge in [0.1, 0.15) is 0 Å². The van der Waals surface area contributed by atoms with Crippen molar-refractivity contribution >= 4 is 21.5 Å². The Morgan fingerprint density at radius 1 is 0.342 bits per heavy atom. The van der Waals surface area contributed by atoms with E-state index in [2.05, 4.69) is 140 Å². The van der Waals surface area contributed by atoms with E-state index in [4.69, 9.17) is 4.98 Å². The van der Waals surface area contributed by atoms with Crippen LogP contribution in [-0.4, -0.2) is 4.98 Å². The highest BCUT2D eigenvalue weighted by molar-refractivity contribution is 6.21. The summed E-state index contributed by atoms with van der Waals surface area (Å²) < 4.78 is 0. The first-order valence-corrected chi connectivity index (χ1v) is 13.1. The average Bonchev–Trinajstić information content (AvgIpc) is 3.33. The quantitative estimate of drug-likeness (QED) is 0.245. The third-order valence-electron chi connectivity index (χ3n) is 7.77. The molecule has 0 aliphatic heterocycles. The number of fused-ring (bicyclic) bond motifs is 4. The molecule has 1 nitrogen and oxygen atoms in total. The van der Waals surface area contributed by atoms with Crippen molar-refractivity contribution in [1.29, 1.82) is 0 Å². The van der Waals surface area contributed by atoms with E-state index in [0.717, 1.165) is 22.5 Å². The molecule has 0 amide bonds. The molecule has 38 heavy (non-hydrogen) atoms. The van der Waals surface area contributed by atoms with Crippen LogP contribution in [0.3, 0.4) is 0 Å². The maximum atomic E-state index is 5.54. The maximum Gasteiger partial charge on any atom is 0.0794 e. The van der Waals surface area contributed by atoms with Gasteiger partial charge < -0.3 is 0 Å². The summed E-state index contributed by atoms with van der Waals surface area (Å²) in [6.07, 6.45) is 0. The van der Waals surface area contributed by atoms with Crippen molar-refractivity contribution < 1.29 is 0 Å². The molecule has 8 rings (SSSR count). The van der Waals surface area contributed by atoms with Gasteiger partial charge in [0.05, 0.1) is 11.4 Å². The van der Waals surface area contributed by atoms with Crippen molar-refractivity contribution in [3.8, 4) is 55.9 Å². The Hall–Kier alpha value is -5.01. The molecule has 0 N–H and O–H groups in total. The smallest absolute Gasteiger partial charge is 0.0794 e. The van der Waals surface area contributed by atoms with E-state index in [9.17, 15) is 0 Å². The van der Waals surface area contributed by atoms with Gasteiger partial charge in [-0.1, -0.05) is 133 Å². The minimum Gasteiger partial charge on any atom is -0.246 e. The molecule has 7 aromatic rings. The Balaban J connectivity index is 1.57. The van der Waals surface area contributed by atoms with Gasteiger partial charge in [-0.25, -0.2) is 4.98 Å². The number of aromatic nitrogens is 1. The number of hydrogen-bond donors (Lipinski definition) is 0. The maximum absolute atomic E-state index is 5.54. The molecule has 1 aromatic heterocycles. The van der Waals surface area contributed by atoms with Crippen LogP contribution in [0.15, 0.2) is 140 Å². The summed E-state index contributed by atoms with van der Waals surface area (Å²) in [5, 5.41) is 5.04. The molecule has 0 fully saturated rings. The van der Waals surface area contributed by atoms with E-state index in [0.29, 0.717) is 0 Å². The van der Waals surface area contributed by atoms with Crippen molar-refractivity contribution in [3.63, 3.8) is 0 Å². The second-order valence-electron chi connectivity index (χ2n) is 9.94. The van der Waals surface area contributed by atoms with Crippen molar-refractivity contribution in [3.05, 3.63) is 140 Å². The number of pyridine rings is 1. The van der Waals surface area contributed by atoms with Crippen LogP contribution in [0.25, 0.3) is 77.4 Å². The second-order valence-corrected chi connectivity index (χ2v) is 9.94. The second kappa shape index (κ2) is 8.26. The van der Waals surface area contributed by atoms with Gasteiger partial charge in [-0.2, -0.15) is 0 Å². The fourth-order valence-corrected chi connectivity index (χ4v) is 6.11. The molecule has 0 bridgehead atoms. The molecule has 0 radical (unpaired) electrons. The molecule has 1 aliphatic rings. The zero-order valence-electron chi connectivity index (χ0n) is 20.7. The topological polar surface area (TPSA) is 12.9 Å². The van der Waals surface area contributed by atoms with Gasteiger partial charge in [0, 0.05) is 27.8 Å². The van der Waals surface area contributed by atoms with E-state index >= 15 is 0 Å². The van der Waals surface area contributed by atoms with Crippen LogP contribution >= 0.6 is 0 Å². The molecule has 1 heterocycles. The first kappa shape index (κ1) is 21.1. The highest BCUT2D eigenvalue weighted by Crippen LogP contribution is 2.55. The monoisotopic (exact) mass is 481 g/mol. The lowest BCUT2D eigenvalue weighted by Crippen LogP contribution is -1.98. The molecule has 0 spiro atoms. The van der Waals surface area contributed by atoms with Gasteiger partial charge in [-0.05, 0) is 44.3 Å². The Morgan fingerprint density at radius 2 is 0.921 bits per heavy atom. The molecule has 0 saturated heterocycles. The van der Waals surface area contributed by atoms with Crippen molar-refractivity contribution in [1.82, 2.24) is 4.98 Å². The average molecular weight is 482 g/mol. The summed E-state index contributed by atoms with van der Waals surface area (Å²) in [6.45, 7) is 0. The summed E-state index contributed by atoms with van der Waals surface area (Å²) in [5.74, 6) is 0. The molecular weight excluding hydrogens is 458 g/mol. The van der Waals surface area contributed by atoms with Crippen molar-refractivity contribution in [2.45, 2.75) is 0 Å². The molecule has 6 aromatic carbocycles. The predicted molar refractivity (Wildman–Crippen MR) is 160 cm³/mol. The Kier molecular flexibility index (Phi) is 4.59. The fourth-order valence-electron chi connectivity index (χ4n) is 6.11. The summed E-state index contributed by atoms with van der Waals surface area (Å²) >= 11 is 0. The summed E-state index contributed by atoms with van der Waals surface area (Å²) in [7, 11) is 0. The third-order valence-corrected chi connectivity index (χ3v) is 7.77. The Morgan fingerprint density at radius 3 is 1.66 bits per heavy atom. The molecule has 0 saturated carbocycles. The van der Waals surface area contributed by atoms with E-state index < -0.39 is 0 Å². The Labute approximate surface area is 221 Å². The number of hydrogen-bond acceptors (Lipinski definition) is 1. The summed E-state index contributed by atoms with van der Waals surface area (Å²) in [4.78, 5) is 5.54. The lowest BCUT2D eigenvalue weighted by atomic mass is 9.87. The van der Waals surface area contributed by atoms with Crippen molar-refractivity contribution in [2.75, 3.05) is 0 Å². The number of benzene rings is 6. The molecule has 0 atom stereocenters. The van der Waals surface area contributed by atoms with Gasteiger partial charge >= 0.3 is 0 Å². The number of rotatable bonds is 3. The van der Waals surface area contributed by atoms with E-state index in [1.54, 1.807) is 0 Å². The van der Waals surface area contributed by atoms with E-state index in [1.807, 2.05) is 0 Å². The highest BCUT2D eigenvalue weighted by atomic mass is 14.7. The van der Waals surface area contributed by atoms with Gasteiger partial charge in [0.15, 0.2) is 0 Å². The molecule has 176 valence electrons. The van der Waals surface area contributed by atoms with Crippen LogP contribution in [0.5, 0.6) is 0 Å². The van der Waals surface area contributed by atoms with E-state index in [1.165, 1.54) is 54.9 Å². The Bertz CT molecular complexity index is 2000. The minimum atomic E-state index is 1.02. The van der Waals surface area contributed by atoms with Gasteiger partial charge in [0.25, 0.3) is 0 Å². The lowest BCUT2D eigenvalue weighted by molar-refractivity contribution is 1.33. The fraction of sp³-hybridized carbons (Fsp3) is 0. The van der Waals surface area contributed by atoms with Crippen LogP contribution in [0.2, 0.25) is 0 Å². The van der Waals surface area contributed by atoms with Crippen molar-refractivity contribution in [2.24, 2.45) is 0 Å². The van der Waals surface area contributed by atoms with Crippen LogP contribution in [-0.2, 0) is 0 Å². The largest absolute Gasteiger partial charge is 0.246 e. The summed E-state index contributed by atoms with van der Waals surface area (Å²) in [5.41, 5.74) is 11.8. The third kappa shape index (κ3) is 3.09. The zero-order valence-corrected chi connectivity index (χ0v) is 20.7. The van der Waals surface area contributed by atoms with Crippen LogP contribution < -0.4 is 0 Å². The summed E-state index contributed by atoms with van der Waals surface area (Å²) in [6, 6.07) is 50.0. The minimum absolute atomic E-state index is 1.02. The molecule has 1 heteroatoms. The SMILES string of the molecule is c1ccc(-c2nc(-c3ccc4ccccc4c3)c(-c3ccccc3)c3c2-c2cccc4cccc-3c24)cc1. The van der Waals surface area contributed by atoms with Gasteiger partial charge in [0.2, 0.25) is 0 Å². The van der Waals surface area contributed by atoms with Crippen LogP contribution in [0, 0.1) is 0 Å². The van der Waals surface area contributed by atoms with Crippen LogP contribution in [0.4, 0.5) is 0 Å². The molecular formula is C37H23N. The van der Waals surface area contributed by atoms with E-state index in [-0.39, 0.29) is 0 Å². The number of nitrogens with zero attached hydrogens (tertiary/aromatic N) is 1. The molecule has 0 unspecified atom stereocenters. The predicted octanol–water partition coefficient (Wildman–Crippen LogP) is 10.0.